The summed E-state index contributed by atoms with van der Waals surface area (Å²) >= 11 is 0. The summed E-state index contributed by atoms with van der Waals surface area (Å²) in [4.78, 5) is 0. The molecule has 0 spiro atoms. The van der Waals surface area contributed by atoms with Crippen LogP contribution in [0, 0.1) is 11.3 Å². The molecule has 0 N–H and O–H groups in total. The van der Waals surface area contributed by atoms with Gasteiger partial charge in [-0.3, -0.25) is 0 Å². The van der Waals surface area contributed by atoms with E-state index in [0.717, 1.165) is 11.1 Å². The van der Waals surface area contributed by atoms with Gasteiger partial charge in [0.05, 0.1) is 11.6 Å². The first-order chi connectivity index (χ1) is 9.96. The quantitative estimate of drug-likeness (QED) is 0.772. The van der Waals surface area contributed by atoms with Gasteiger partial charge in [0.1, 0.15) is 5.75 Å². The normalized spacial score (nSPS) is 11.3. The molecule has 0 aliphatic carbocycles. The van der Waals surface area contributed by atoms with Gasteiger partial charge in [0.2, 0.25) is 0 Å². The molecule has 106 valence electrons. The zero-order chi connectivity index (χ0) is 15.3. The minimum Gasteiger partial charge on any atom is -0.406 e. The molecule has 5 heteroatoms. The molecule has 0 aromatic heterocycles. The molecule has 0 atom stereocenters. The summed E-state index contributed by atoms with van der Waals surface area (Å²) in [6.07, 6.45) is -1.11. The fourth-order valence-electron chi connectivity index (χ4n) is 1.64. The number of nitriles is 1. The molecule has 2 rings (SSSR count). The highest BCUT2D eigenvalue weighted by atomic mass is 19.4. The van der Waals surface area contributed by atoms with Crippen molar-refractivity contribution in [3.05, 3.63) is 65.2 Å². The van der Waals surface area contributed by atoms with Crippen LogP contribution in [0.1, 0.15) is 16.7 Å². The second kappa shape index (κ2) is 6.14. The van der Waals surface area contributed by atoms with Gasteiger partial charge in [-0.2, -0.15) is 5.26 Å². The number of benzene rings is 2. The second-order valence-electron chi connectivity index (χ2n) is 4.18. The Morgan fingerprint density at radius 3 is 1.76 bits per heavy atom. The van der Waals surface area contributed by atoms with Crippen molar-refractivity contribution in [2.24, 2.45) is 0 Å². The molecule has 0 aliphatic heterocycles. The number of rotatable bonds is 3. The maximum atomic E-state index is 12.0. The fourth-order valence-corrected chi connectivity index (χ4v) is 1.64. The lowest BCUT2D eigenvalue weighted by molar-refractivity contribution is -0.274. The van der Waals surface area contributed by atoms with Gasteiger partial charge in [0.25, 0.3) is 0 Å². The van der Waals surface area contributed by atoms with Crippen LogP contribution < -0.4 is 4.74 Å². The van der Waals surface area contributed by atoms with Crippen LogP contribution in [0.5, 0.6) is 5.75 Å². The van der Waals surface area contributed by atoms with Gasteiger partial charge < -0.3 is 4.74 Å². The predicted octanol–water partition coefficient (Wildman–Crippen LogP) is 4.63. The van der Waals surface area contributed by atoms with Crippen molar-refractivity contribution < 1.29 is 17.9 Å². The minimum atomic E-state index is -4.68. The van der Waals surface area contributed by atoms with Crippen molar-refractivity contribution in [1.82, 2.24) is 0 Å². The summed E-state index contributed by atoms with van der Waals surface area (Å²) in [5, 5.41) is 8.68. The van der Waals surface area contributed by atoms with Gasteiger partial charge >= 0.3 is 6.36 Å². The van der Waals surface area contributed by atoms with Crippen molar-refractivity contribution in [3.63, 3.8) is 0 Å². The zero-order valence-corrected chi connectivity index (χ0v) is 10.8. The molecule has 0 aliphatic rings. The van der Waals surface area contributed by atoms with Crippen LogP contribution in [0.15, 0.2) is 48.5 Å². The Balaban J connectivity index is 2.05. The van der Waals surface area contributed by atoms with Gasteiger partial charge in [0.15, 0.2) is 0 Å². The SMILES string of the molecule is N#Cc1ccc(/C=C/c2ccc(OC(F)(F)F)cc2)cc1. The monoisotopic (exact) mass is 289 g/mol. The number of nitrogens with zero attached hydrogens (tertiary/aromatic N) is 1. The molecule has 2 aromatic rings. The van der Waals surface area contributed by atoms with E-state index >= 15 is 0 Å². The molecule has 0 amide bonds. The maximum Gasteiger partial charge on any atom is 0.573 e. The second-order valence-corrected chi connectivity index (χ2v) is 4.18. The van der Waals surface area contributed by atoms with Crippen LogP contribution in [-0.4, -0.2) is 6.36 Å². The maximum absolute atomic E-state index is 12.0. The molecular weight excluding hydrogens is 279 g/mol. The minimum absolute atomic E-state index is 0.252. The molecule has 0 heterocycles. The van der Waals surface area contributed by atoms with Crippen molar-refractivity contribution in [2.45, 2.75) is 6.36 Å². The molecule has 21 heavy (non-hydrogen) atoms. The van der Waals surface area contributed by atoms with E-state index in [1.165, 1.54) is 24.3 Å². The number of hydrogen-bond acceptors (Lipinski definition) is 2. The number of halogens is 3. The molecular formula is C16H10F3NO. The average Bonchev–Trinajstić information content (AvgIpc) is 2.45. The van der Waals surface area contributed by atoms with E-state index in [9.17, 15) is 13.2 Å². The number of alkyl halides is 3. The fraction of sp³-hybridized carbons (Fsp3) is 0.0625. The van der Waals surface area contributed by atoms with Crippen LogP contribution in [0.25, 0.3) is 12.2 Å². The summed E-state index contributed by atoms with van der Waals surface area (Å²) in [6.45, 7) is 0. The lowest BCUT2D eigenvalue weighted by Crippen LogP contribution is -2.16. The number of ether oxygens (including phenoxy) is 1. The predicted molar refractivity (Wildman–Crippen MR) is 73.2 cm³/mol. The van der Waals surface area contributed by atoms with E-state index in [-0.39, 0.29) is 5.75 Å². The first-order valence-corrected chi connectivity index (χ1v) is 6.00. The van der Waals surface area contributed by atoms with E-state index in [1.807, 2.05) is 6.07 Å². The van der Waals surface area contributed by atoms with E-state index < -0.39 is 6.36 Å². The van der Waals surface area contributed by atoms with Crippen LogP contribution in [0.3, 0.4) is 0 Å². The molecule has 0 saturated carbocycles. The van der Waals surface area contributed by atoms with Crippen molar-refractivity contribution >= 4 is 12.2 Å². The highest BCUT2D eigenvalue weighted by Gasteiger charge is 2.30. The largest absolute Gasteiger partial charge is 0.573 e. The first-order valence-electron chi connectivity index (χ1n) is 6.00. The molecule has 0 fully saturated rings. The summed E-state index contributed by atoms with van der Waals surface area (Å²) in [6, 6.07) is 14.6. The molecule has 2 aromatic carbocycles. The smallest absolute Gasteiger partial charge is 0.406 e. The standard InChI is InChI=1S/C16H10F3NO/c17-16(18,19)21-15-9-7-13(8-10-15)2-1-12-3-5-14(11-20)6-4-12/h1-10H/b2-1+. The molecule has 0 radical (unpaired) electrons. The van der Waals surface area contributed by atoms with E-state index in [0.29, 0.717) is 5.56 Å². The van der Waals surface area contributed by atoms with E-state index in [1.54, 1.807) is 36.4 Å². The Morgan fingerprint density at radius 2 is 1.33 bits per heavy atom. The number of hydrogen-bond donors (Lipinski definition) is 0. The highest BCUT2D eigenvalue weighted by Crippen LogP contribution is 2.23. The lowest BCUT2D eigenvalue weighted by atomic mass is 10.1. The summed E-state index contributed by atoms with van der Waals surface area (Å²) in [5.74, 6) is -0.252. The van der Waals surface area contributed by atoms with Gasteiger partial charge in [-0.05, 0) is 35.4 Å². The first kappa shape index (κ1) is 14.7. The van der Waals surface area contributed by atoms with Gasteiger partial charge in [-0.15, -0.1) is 13.2 Å². The van der Waals surface area contributed by atoms with Crippen LogP contribution in [0.2, 0.25) is 0 Å². The summed E-state index contributed by atoms with van der Waals surface area (Å²) < 4.78 is 39.8. The average molecular weight is 289 g/mol. The third-order valence-electron chi connectivity index (χ3n) is 2.62. The van der Waals surface area contributed by atoms with Gasteiger partial charge in [-0.1, -0.05) is 36.4 Å². The van der Waals surface area contributed by atoms with Gasteiger partial charge in [-0.25, -0.2) is 0 Å². The van der Waals surface area contributed by atoms with Crippen molar-refractivity contribution in [1.29, 1.82) is 5.26 Å². The summed E-state index contributed by atoms with van der Waals surface area (Å²) in [7, 11) is 0. The third kappa shape index (κ3) is 4.69. The van der Waals surface area contributed by atoms with E-state index in [4.69, 9.17) is 5.26 Å². The van der Waals surface area contributed by atoms with Gasteiger partial charge in [0, 0.05) is 0 Å². The zero-order valence-electron chi connectivity index (χ0n) is 10.8. The molecule has 0 bridgehead atoms. The van der Waals surface area contributed by atoms with Crippen LogP contribution in [-0.2, 0) is 0 Å². The van der Waals surface area contributed by atoms with Crippen LogP contribution >= 0.6 is 0 Å². The molecule has 0 saturated heterocycles. The Bertz CT molecular complexity index is 665. The molecule has 2 nitrogen and oxygen atoms in total. The Kier molecular flexibility index (Phi) is 4.29. The van der Waals surface area contributed by atoms with Crippen molar-refractivity contribution in [2.75, 3.05) is 0 Å². The topological polar surface area (TPSA) is 33.0 Å². The van der Waals surface area contributed by atoms with E-state index in [2.05, 4.69) is 4.74 Å². The highest BCUT2D eigenvalue weighted by molar-refractivity contribution is 5.70. The Labute approximate surface area is 119 Å². The van der Waals surface area contributed by atoms with Crippen LogP contribution in [0.4, 0.5) is 13.2 Å². The Hall–Kier alpha value is -2.74. The van der Waals surface area contributed by atoms with Crippen molar-refractivity contribution in [3.8, 4) is 11.8 Å². The Morgan fingerprint density at radius 1 is 0.857 bits per heavy atom. The lowest BCUT2D eigenvalue weighted by Gasteiger charge is -2.08. The molecule has 0 unspecified atom stereocenters. The third-order valence-corrected chi connectivity index (χ3v) is 2.62. The summed E-state index contributed by atoms with van der Waals surface area (Å²) in [5.41, 5.74) is 2.21.